The van der Waals surface area contributed by atoms with Crippen molar-refractivity contribution < 1.29 is 19.4 Å². The van der Waals surface area contributed by atoms with Crippen molar-refractivity contribution >= 4 is 35.3 Å². The van der Waals surface area contributed by atoms with Crippen LogP contribution in [0.4, 0.5) is 5.69 Å². The second kappa shape index (κ2) is 9.43. The standard InChI is InChI=1S/C18H18ClN3O4/c1-2-26-15-9-12(8-14(19)18(15)25)11-20-22-17(24)10-16(23)21-13-6-4-3-5-7-13/h3-9,11,25H,2,10H2,1H3,(H,21,23)(H,22,24)/b20-11+. The lowest BCUT2D eigenvalue weighted by Gasteiger charge is -2.08. The largest absolute Gasteiger partial charge is 0.503 e. The average molecular weight is 376 g/mol. The molecule has 3 N–H and O–H groups in total. The third kappa shape index (κ3) is 5.78. The van der Waals surface area contributed by atoms with Gasteiger partial charge in [-0.25, -0.2) is 5.43 Å². The molecule has 0 spiro atoms. The van der Waals surface area contributed by atoms with Crippen LogP contribution < -0.4 is 15.5 Å². The summed E-state index contributed by atoms with van der Waals surface area (Å²) in [5.74, 6) is -0.956. The number of para-hydroxylation sites is 1. The maximum atomic E-state index is 11.8. The van der Waals surface area contributed by atoms with E-state index in [2.05, 4.69) is 15.8 Å². The summed E-state index contributed by atoms with van der Waals surface area (Å²) in [6, 6.07) is 11.8. The Labute approximate surface area is 155 Å². The highest BCUT2D eigenvalue weighted by Crippen LogP contribution is 2.34. The zero-order valence-electron chi connectivity index (χ0n) is 14.0. The molecule has 0 aromatic heterocycles. The summed E-state index contributed by atoms with van der Waals surface area (Å²) in [6.07, 6.45) is 0.966. The Kier molecular flexibility index (Phi) is 6.99. The topological polar surface area (TPSA) is 100 Å². The van der Waals surface area contributed by atoms with Crippen LogP contribution in [0.2, 0.25) is 5.02 Å². The lowest BCUT2D eigenvalue weighted by atomic mass is 10.2. The number of rotatable bonds is 7. The van der Waals surface area contributed by atoms with Gasteiger partial charge in [0.2, 0.25) is 11.8 Å². The molecule has 7 nitrogen and oxygen atoms in total. The number of aromatic hydroxyl groups is 1. The average Bonchev–Trinajstić information content (AvgIpc) is 2.60. The van der Waals surface area contributed by atoms with Crippen LogP contribution in [0.15, 0.2) is 47.6 Å². The molecule has 0 saturated carbocycles. The Morgan fingerprint density at radius 2 is 1.96 bits per heavy atom. The number of carbonyl (C=O) groups is 2. The van der Waals surface area contributed by atoms with Gasteiger partial charge in [-0.15, -0.1) is 0 Å². The summed E-state index contributed by atoms with van der Waals surface area (Å²) < 4.78 is 5.26. The number of hydrogen-bond donors (Lipinski definition) is 3. The smallest absolute Gasteiger partial charge is 0.249 e. The number of ether oxygens (including phenoxy) is 1. The quantitative estimate of drug-likeness (QED) is 0.393. The molecule has 0 aliphatic carbocycles. The van der Waals surface area contributed by atoms with Crippen LogP contribution in [0.25, 0.3) is 0 Å². The van der Waals surface area contributed by atoms with E-state index in [1.54, 1.807) is 31.2 Å². The molecule has 0 fully saturated rings. The second-order valence-corrected chi connectivity index (χ2v) is 5.57. The molecule has 2 rings (SSSR count). The first kappa shape index (κ1) is 19.3. The van der Waals surface area contributed by atoms with Crippen molar-refractivity contribution in [2.24, 2.45) is 5.10 Å². The molecule has 0 radical (unpaired) electrons. The van der Waals surface area contributed by atoms with Gasteiger partial charge in [0.25, 0.3) is 0 Å². The first-order valence-corrected chi connectivity index (χ1v) is 8.19. The number of carbonyl (C=O) groups excluding carboxylic acids is 2. The van der Waals surface area contributed by atoms with Gasteiger partial charge >= 0.3 is 0 Å². The van der Waals surface area contributed by atoms with E-state index in [0.29, 0.717) is 17.9 Å². The van der Waals surface area contributed by atoms with Crippen LogP contribution in [0.1, 0.15) is 18.9 Å². The second-order valence-electron chi connectivity index (χ2n) is 5.17. The molecule has 0 aliphatic rings. The molecular weight excluding hydrogens is 358 g/mol. The monoisotopic (exact) mass is 375 g/mol. The summed E-state index contributed by atoms with van der Waals surface area (Å²) in [5, 5.41) is 16.3. The van der Waals surface area contributed by atoms with E-state index in [9.17, 15) is 14.7 Å². The number of nitrogens with zero attached hydrogens (tertiary/aromatic N) is 1. The molecule has 0 heterocycles. The number of anilines is 1. The number of hydrazone groups is 1. The molecule has 0 bridgehead atoms. The highest BCUT2D eigenvalue weighted by atomic mass is 35.5. The SMILES string of the molecule is CCOc1cc(/C=N/NC(=O)CC(=O)Nc2ccccc2)cc(Cl)c1O. The minimum atomic E-state index is -0.565. The van der Waals surface area contributed by atoms with E-state index >= 15 is 0 Å². The fourth-order valence-electron chi connectivity index (χ4n) is 2.02. The summed E-state index contributed by atoms with van der Waals surface area (Å²) in [4.78, 5) is 23.5. The minimum absolute atomic E-state index is 0.103. The molecule has 2 aromatic carbocycles. The van der Waals surface area contributed by atoms with Crippen LogP contribution in [-0.2, 0) is 9.59 Å². The van der Waals surface area contributed by atoms with E-state index in [4.69, 9.17) is 16.3 Å². The Balaban J connectivity index is 1.89. The third-order valence-corrected chi connectivity index (χ3v) is 3.42. The van der Waals surface area contributed by atoms with Crippen molar-refractivity contribution in [3.63, 3.8) is 0 Å². The van der Waals surface area contributed by atoms with Crippen molar-refractivity contribution in [3.8, 4) is 11.5 Å². The van der Waals surface area contributed by atoms with Crippen molar-refractivity contribution in [2.75, 3.05) is 11.9 Å². The third-order valence-electron chi connectivity index (χ3n) is 3.13. The minimum Gasteiger partial charge on any atom is -0.503 e. The maximum absolute atomic E-state index is 11.8. The lowest BCUT2D eigenvalue weighted by molar-refractivity contribution is -0.126. The zero-order chi connectivity index (χ0) is 18.9. The van der Waals surface area contributed by atoms with E-state index in [-0.39, 0.29) is 22.9 Å². The highest BCUT2D eigenvalue weighted by Gasteiger charge is 2.10. The molecule has 0 saturated heterocycles. The van der Waals surface area contributed by atoms with Gasteiger partial charge in [0.05, 0.1) is 17.8 Å². The molecular formula is C18H18ClN3O4. The number of halogens is 1. The van der Waals surface area contributed by atoms with Crippen LogP contribution in [0.3, 0.4) is 0 Å². The number of amides is 2. The van der Waals surface area contributed by atoms with Gasteiger partial charge in [-0.2, -0.15) is 5.10 Å². The fraction of sp³-hybridized carbons (Fsp3) is 0.167. The van der Waals surface area contributed by atoms with Crippen LogP contribution >= 0.6 is 11.6 Å². The van der Waals surface area contributed by atoms with Crippen LogP contribution in [0.5, 0.6) is 11.5 Å². The number of phenolic OH excluding ortho intramolecular Hbond substituents is 1. The van der Waals surface area contributed by atoms with Crippen molar-refractivity contribution in [2.45, 2.75) is 13.3 Å². The van der Waals surface area contributed by atoms with E-state index in [1.807, 2.05) is 6.07 Å². The van der Waals surface area contributed by atoms with E-state index < -0.39 is 11.8 Å². The van der Waals surface area contributed by atoms with Gasteiger partial charge < -0.3 is 15.2 Å². The van der Waals surface area contributed by atoms with Gasteiger partial charge in [0.15, 0.2) is 11.5 Å². The zero-order valence-corrected chi connectivity index (χ0v) is 14.8. The molecule has 0 unspecified atom stereocenters. The van der Waals surface area contributed by atoms with Gasteiger partial charge in [-0.3, -0.25) is 9.59 Å². The Bertz CT molecular complexity index is 810. The molecule has 0 atom stereocenters. The van der Waals surface area contributed by atoms with Crippen molar-refractivity contribution in [1.29, 1.82) is 0 Å². The molecule has 8 heteroatoms. The normalized spacial score (nSPS) is 10.5. The molecule has 26 heavy (non-hydrogen) atoms. The highest BCUT2D eigenvalue weighted by molar-refractivity contribution is 6.32. The molecule has 0 aliphatic heterocycles. The van der Waals surface area contributed by atoms with Crippen LogP contribution in [-0.4, -0.2) is 29.7 Å². The number of hydrogen-bond acceptors (Lipinski definition) is 5. The predicted molar refractivity (Wildman–Crippen MR) is 99.7 cm³/mol. The predicted octanol–water partition coefficient (Wildman–Crippen LogP) is 2.92. The summed E-state index contributed by atoms with van der Waals surface area (Å²) in [6.45, 7) is 2.13. The van der Waals surface area contributed by atoms with Gasteiger partial charge in [0, 0.05) is 5.69 Å². The van der Waals surface area contributed by atoms with Crippen molar-refractivity contribution in [1.82, 2.24) is 5.43 Å². The first-order valence-electron chi connectivity index (χ1n) is 7.81. The van der Waals surface area contributed by atoms with Gasteiger partial charge in [0.1, 0.15) is 6.42 Å². The lowest BCUT2D eigenvalue weighted by Crippen LogP contribution is -2.24. The summed E-state index contributed by atoms with van der Waals surface area (Å²) in [7, 11) is 0. The Morgan fingerprint density at radius 1 is 1.23 bits per heavy atom. The summed E-state index contributed by atoms with van der Waals surface area (Å²) in [5.41, 5.74) is 3.38. The Hall–Kier alpha value is -3.06. The molecule has 2 amide bonds. The molecule has 136 valence electrons. The number of benzene rings is 2. The first-order chi connectivity index (χ1) is 12.5. The molecule has 2 aromatic rings. The van der Waals surface area contributed by atoms with E-state index in [0.717, 1.165) is 0 Å². The number of nitrogens with one attached hydrogen (secondary N) is 2. The number of phenols is 1. The van der Waals surface area contributed by atoms with Crippen LogP contribution in [0, 0.1) is 0 Å². The van der Waals surface area contributed by atoms with Crippen molar-refractivity contribution in [3.05, 3.63) is 53.1 Å². The van der Waals surface area contributed by atoms with Gasteiger partial charge in [-0.1, -0.05) is 29.8 Å². The fourth-order valence-corrected chi connectivity index (χ4v) is 2.24. The Morgan fingerprint density at radius 3 is 2.65 bits per heavy atom. The maximum Gasteiger partial charge on any atom is 0.249 e. The summed E-state index contributed by atoms with van der Waals surface area (Å²) >= 11 is 5.91. The van der Waals surface area contributed by atoms with E-state index in [1.165, 1.54) is 18.3 Å². The van der Waals surface area contributed by atoms with Gasteiger partial charge in [-0.05, 0) is 36.8 Å².